The predicted octanol–water partition coefficient (Wildman–Crippen LogP) is 5.26. The summed E-state index contributed by atoms with van der Waals surface area (Å²) in [6.45, 7) is 10.1. The summed E-state index contributed by atoms with van der Waals surface area (Å²) in [5, 5.41) is 22.4. The Balaban J connectivity index is 1.91. The van der Waals surface area contributed by atoms with Crippen LogP contribution in [0.4, 0.5) is 4.79 Å². The van der Waals surface area contributed by atoms with Crippen molar-refractivity contribution in [3.63, 3.8) is 0 Å². The molecule has 0 spiro atoms. The summed E-state index contributed by atoms with van der Waals surface area (Å²) in [5.41, 5.74) is 2.27. The average Bonchev–Trinajstić information content (AvgIpc) is 2.79. The Kier molecular flexibility index (Phi) is 11.9. The maximum absolute atomic E-state index is 11.3. The molecule has 198 valence electrons. The van der Waals surface area contributed by atoms with E-state index in [1.165, 1.54) is 11.6 Å². The van der Waals surface area contributed by atoms with Crippen molar-refractivity contribution in [1.29, 1.82) is 0 Å². The number of cyclic esters (lactones) is 1. The zero-order valence-corrected chi connectivity index (χ0v) is 22.0. The molecule has 3 unspecified atom stereocenters. The van der Waals surface area contributed by atoms with E-state index in [4.69, 9.17) is 9.47 Å². The van der Waals surface area contributed by atoms with Crippen LogP contribution in [0, 0.1) is 11.8 Å². The van der Waals surface area contributed by atoms with Crippen LogP contribution in [0.2, 0.25) is 0 Å². The number of allylic oxidation sites excluding steroid dienone is 7. The number of rotatable bonds is 10. The monoisotopic (exact) mass is 499 g/mol. The molecule has 2 aliphatic heterocycles. The SMILES string of the molecule is C/C=C/[C@@H]1O[C@H](C(O)/C=C/C=C(\C)CC(C)/C=C(C)\C=C\[C@H]2CC=CC(=O)O2)CC(NC(=O)O)[C@@H]1C. The van der Waals surface area contributed by atoms with E-state index in [9.17, 15) is 19.8 Å². The number of aliphatic hydroxyl groups is 1. The number of amides is 1. The Bertz CT molecular complexity index is 928. The van der Waals surface area contributed by atoms with Crippen molar-refractivity contribution in [2.75, 3.05) is 0 Å². The molecule has 2 aliphatic rings. The molecule has 36 heavy (non-hydrogen) atoms. The van der Waals surface area contributed by atoms with Crippen molar-refractivity contribution in [3.8, 4) is 0 Å². The van der Waals surface area contributed by atoms with Gasteiger partial charge in [-0.25, -0.2) is 9.59 Å². The van der Waals surface area contributed by atoms with Gasteiger partial charge < -0.3 is 25.0 Å². The Morgan fingerprint density at radius 3 is 2.72 bits per heavy atom. The van der Waals surface area contributed by atoms with Crippen LogP contribution in [0.5, 0.6) is 0 Å². The maximum atomic E-state index is 11.3. The normalized spacial score (nSPS) is 29.6. The van der Waals surface area contributed by atoms with Gasteiger partial charge in [-0.1, -0.05) is 73.6 Å². The van der Waals surface area contributed by atoms with E-state index in [1.807, 2.05) is 70.2 Å². The molecule has 3 N–H and O–H groups in total. The minimum absolute atomic E-state index is 0.0331. The first-order chi connectivity index (χ1) is 17.1. The molecule has 0 aromatic carbocycles. The molecule has 0 aromatic heterocycles. The first kappa shape index (κ1) is 29.3. The van der Waals surface area contributed by atoms with Crippen LogP contribution in [0.25, 0.3) is 0 Å². The standard InChI is InChI=1S/C29H41NO6/c1-6-9-26-22(5)24(30-29(33)34)18-27(36-26)25(31)12-7-10-19(2)16-21(4)17-20(3)14-15-23-11-8-13-28(32)35-23/h6-10,12-15,17,21-27,30-31H,11,16,18H2,1-5H3,(H,33,34)/b9-6+,12-7+,15-14+,19-10+,20-17-/t21?,22-,23+,24?,25?,26-,27-/m0/s1. The van der Waals surface area contributed by atoms with Gasteiger partial charge in [-0.05, 0) is 45.6 Å². The van der Waals surface area contributed by atoms with Crippen molar-refractivity contribution in [1.82, 2.24) is 5.32 Å². The molecule has 2 heterocycles. The number of hydrogen-bond acceptors (Lipinski definition) is 5. The summed E-state index contributed by atoms with van der Waals surface area (Å²) < 4.78 is 11.3. The first-order valence-corrected chi connectivity index (χ1v) is 12.6. The molecule has 1 amide bonds. The Labute approximate surface area is 214 Å². The minimum atomic E-state index is -1.07. The molecule has 1 fully saturated rings. The summed E-state index contributed by atoms with van der Waals surface area (Å²) in [6.07, 6.45) is 17.7. The third-order valence-electron chi connectivity index (χ3n) is 6.39. The molecular formula is C29H41NO6. The quantitative estimate of drug-likeness (QED) is 0.215. The maximum Gasteiger partial charge on any atom is 0.404 e. The van der Waals surface area contributed by atoms with Crippen LogP contribution in [0.15, 0.2) is 71.9 Å². The van der Waals surface area contributed by atoms with Crippen molar-refractivity contribution in [3.05, 3.63) is 71.9 Å². The van der Waals surface area contributed by atoms with Crippen LogP contribution in [0.1, 0.15) is 53.9 Å². The summed E-state index contributed by atoms with van der Waals surface area (Å²) >= 11 is 0. The third kappa shape index (κ3) is 9.99. The van der Waals surface area contributed by atoms with Crippen LogP contribution in [0.3, 0.4) is 0 Å². The van der Waals surface area contributed by atoms with Gasteiger partial charge in [0.2, 0.25) is 0 Å². The largest absolute Gasteiger partial charge is 0.465 e. The van der Waals surface area contributed by atoms with Gasteiger partial charge in [0.1, 0.15) is 6.10 Å². The number of carbonyl (C=O) groups excluding carboxylic acids is 1. The van der Waals surface area contributed by atoms with E-state index in [1.54, 1.807) is 6.08 Å². The van der Waals surface area contributed by atoms with Crippen molar-refractivity contribution in [2.45, 2.75) is 84.3 Å². The van der Waals surface area contributed by atoms with Gasteiger partial charge in [0.15, 0.2) is 0 Å². The second-order valence-electron chi connectivity index (χ2n) is 9.77. The van der Waals surface area contributed by atoms with Gasteiger partial charge in [-0.3, -0.25) is 0 Å². The second-order valence-corrected chi connectivity index (χ2v) is 9.77. The Morgan fingerprint density at radius 1 is 1.31 bits per heavy atom. The molecule has 0 aromatic rings. The van der Waals surface area contributed by atoms with Gasteiger partial charge in [-0.15, -0.1) is 0 Å². The molecule has 1 saturated heterocycles. The number of ether oxygens (including phenoxy) is 2. The minimum Gasteiger partial charge on any atom is -0.465 e. The molecule has 7 atom stereocenters. The van der Waals surface area contributed by atoms with E-state index >= 15 is 0 Å². The van der Waals surface area contributed by atoms with E-state index < -0.39 is 18.3 Å². The molecule has 0 radical (unpaired) electrons. The van der Waals surface area contributed by atoms with Crippen molar-refractivity contribution >= 4 is 12.1 Å². The number of nitrogens with one attached hydrogen (secondary N) is 1. The third-order valence-corrected chi connectivity index (χ3v) is 6.39. The van der Waals surface area contributed by atoms with E-state index in [-0.39, 0.29) is 30.1 Å². The first-order valence-electron chi connectivity index (χ1n) is 12.6. The van der Waals surface area contributed by atoms with Gasteiger partial charge in [0.05, 0.1) is 18.3 Å². The van der Waals surface area contributed by atoms with E-state index in [0.717, 1.165) is 12.0 Å². The summed E-state index contributed by atoms with van der Waals surface area (Å²) in [5.74, 6) is -0.0244. The lowest BCUT2D eigenvalue weighted by Gasteiger charge is -2.40. The highest BCUT2D eigenvalue weighted by atomic mass is 16.5. The predicted molar refractivity (Wildman–Crippen MR) is 141 cm³/mol. The average molecular weight is 500 g/mol. The zero-order chi connectivity index (χ0) is 26.7. The fourth-order valence-electron chi connectivity index (χ4n) is 4.56. The lowest BCUT2D eigenvalue weighted by molar-refractivity contribution is -0.141. The van der Waals surface area contributed by atoms with Crippen LogP contribution >= 0.6 is 0 Å². The molecule has 2 rings (SSSR count). The lowest BCUT2D eigenvalue weighted by Crippen LogP contribution is -2.52. The van der Waals surface area contributed by atoms with Crippen molar-refractivity contribution < 1.29 is 29.3 Å². The summed E-state index contributed by atoms with van der Waals surface area (Å²) in [4.78, 5) is 22.5. The molecule has 7 nitrogen and oxygen atoms in total. The van der Waals surface area contributed by atoms with Crippen LogP contribution < -0.4 is 5.32 Å². The number of carbonyl (C=O) groups is 2. The van der Waals surface area contributed by atoms with Crippen molar-refractivity contribution in [2.24, 2.45) is 11.8 Å². The smallest absolute Gasteiger partial charge is 0.404 e. The topological polar surface area (TPSA) is 105 Å². The fraction of sp³-hybridized carbons (Fsp3) is 0.517. The highest BCUT2D eigenvalue weighted by molar-refractivity contribution is 5.82. The Hall–Kier alpha value is -2.90. The molecule has 0 bridgehead atoms. The highest BCUT2D eigenvalue weighted by Gasteiger charge is 2.37. The number of carboxylic acid groups (broad SMARTS) is 1. The lowest BCUT2D eigenvalue weighted by atomic mass is 9.86. The molecule has 7 heteroatoms. The van der Waals surface area contributed by atoms with Crippen LogP contribution in [-0.4, -0.2) is 52.7 Å². The summed E-state index contributed by atoms with van der Waals surface area (Å²) in [6, 6.07) is -0.297. The van der Waals surface area contributed by atoms with E-state index in [0.29, 0.717) is 18.8 Å². The molecule has 0 saturated carbocycles. The van der Waals surface area contributed by atoms with Gasteiger partial charge in [0, 0.05) is 24.5 Å². The number of esters is 1. The number of aliphatic hydroxyl groups excluding tert-OH is 1. The highest BCUT2D eigenvalue weighted by Crippen LogP contribution is 2.28. The van der Waals surface area contributed by atoms with E-state index in [2.05, 4.69) is 18.3 Å². The molecular weight excluding hydrogens is 458 g/mol. The second kappa shape index (κ2) is 14.6. The fourth-order valence-corrected chi connectivity index (χ4v) is 4.56. The van der Waals surface area contributed by atoms with Gasteiger partial charge in [0.25, 0.3) is 0 Å². The zero-order valence-electron chi connectivity index (χ0n) is 22.0. The summed E-state index contributed by atoms with van der Waals surface area (Å²) in [7, 11) is 0. The van der Waals surface area contributed by atoms with Crippen LogP contribution in [-0.2, 0) is 14.3 Å². The van der Waals surface area contributed by atoms with Gasteiger partial charge >= 0.3 is 12.1 Å². The Morgan fingerprint density at radius 2 is 2.06 bits per heavy atom. The van der Waals surface area contributed by atoms with Gasteiger partial charge in [-0.2, -0.15) is 0 Å². The number of hydrogen-bond donors (Lipinski definition) is 3. The molecule has 0 aliphatic carbocycles.